The summed E-state index contributed by atoms with van der Waals surface area (Å²) < 4.78 is 26.3. The molecule has 2 N–H and O–H groups in total. The fourth-order valence-corrected chi connectivity index (χ4v) is 6.79. The molecule has 0 radical (unpaired) electrons. The molecule has 0 spiro atoms. The Labute approximate surface area is 308 Å². The Bertz CT molecular complexity index is 787. The Morgan fingerprint density at radius 1 is 0.440 bits per heavy atom. The molecule has 0 heterocycles. The SMILES string of the molecule is CCCCCCCCCCCCCCCCCCCCCCCCCCC(=O)OC(COC(=O)CCCCCCCCCC)COP(=O)(O)O. The van der Waals surface area contributed by atoms with Gasteiger partial charge in [0.2, 0.25) is 0 Å². The van der Waals surface area contributed by atoms with Crippen LogP contribution < -0.4 is 0 Å². The molecule has 0 saturated heterocycles. The van der Waals surface area contributed by atoms with Gasteiger partial charge in [-0.2, -0.15) is 0 Å². The maximum Gasteiger partial charge on any atom is 0.469 e. The van der Waals surface area contributed by atoms with Gasteiger partial charge in [-0.25, -0.2) is 4.57 Å². The third kappa shape index (κ3) is 39.8. The zero-order valence-electron chi connectivity index (χ0n) is 32.8. The highest BCUT2D eigenvalue weighted by atomic mass is 31.2. The summed E-state index contributed by atoms with van der Waals surface area (Å²) in [4.78, 5) is 42.6. The Kier molecular flexibility index (Phi) is 37.1. The lowest BCUT2D eigenvalue weighted by atomic mass is 10.0. The number of carbonyl (C=O) groups is 2. The Hall–Kier alpha value is -0.950. The summed E-state index contributed by atoms with van der Waals surface area (Å²) in [5.41, 5.74) is 0. The molecule has 0 amide bonds. The first kappa shape index (κ1) is 49.0. The van der Waals surface area contributed by atoms with Crippen LogP contribution in [-0.2, 0) is 28.2 Å². The lowest BCUT2D eigenvalue weighted by Crippen LogP contribution is -2.29. The second-order valence-corrected chi connectivity index (χ2v) is 15.9. The molecule has 8 nitrogen and oxygen atoms in total. The van der Waals surface area contributed by atoms with Gasteiger partial charge in [0, 0.05) is 12.8 Å². The summed E-state index contributed by atoms with van der Waals surface area (Å²) in [6.07, 6.45) is 40.0. The van der Waals surface area contributed by atoms with E-state index >= 15 is 0 Å². The van der Waals surface area contributed by atoms with Gasteiger partial charge in [-0.3, -0.25) is 14.1 Å². The molecule has 0 aromatic carbocycles. The van der Waals surface area contributed by atoms with E-state index in [0.717, 1.165) is 32.1 Å². The van der Waals surface area contributed by atoms with E-state index in [1.807, 2.05) is 0 Å². The van der Waals surface area contributed by atoms with Gasteiger partial charge in [0.25, 0.3) is 0 Å². The average molecular weight is 733 g/mol. The van der Waals surface area contributed by atoms with Crippen molar-refractivity contribution in [3.63, 3.8) is 0 Å². The van der Waals surface area contributed by atoms with Gasteiger partial charge in [0.05, 0.1) is 6.61 Å². The predicted molar refractivity (Wildman–Crippen MR) is 207 cm³/mol. The van der Waals surface area contributed by atoms with Crippen LogP contribution in [0.25, 0.3) is 0 Å². The second kappa shape index (κ2) is 37.8. The molecule has 9 heteroatoms. The van der Waals surface area contributed by atoms with Crippen LogP contribution in [0.3, 0.4) is 0 Å². The van der Waals surface area contributed by atoms with Crippen LogP contribution in [0.15, 0.2) is 0 Å². The molecule has 0 aliphatic carbocycles. The van der Waals surface area contributed by atoms with E-state index in [4.69, 9.17) is 19.3 Å². The first-order valence-electron chi connectivity index (χ1n) is 21.3. The highest BCUT2D eigenvalue weighted by Gasteiger charge is 2.22. The number of hydrogen-bond acceptors (Lipinski definition) is 6. The van der Waals surface area contributed by atoms with Crippen LogP contribution in [0, 0.1) is 0 Å². The van der Waals surface area contributed by atoms with E-state index in [-0.39, 0.29) is 19.4 Å². The molecular weight excluding hydrogens is 651 g/mol. The van der Waals surface area contributed by atoms with Crippen LogP contribution in [0.2, 0.25) is 0 Å². The Morgan fingerprint density at radius 3 is 1.02 bits per heavy atom. The average Bonchev–Trinajstić information content (AvgIpc) is 3.08. The maximum absolute atomic E-state index is 12.4. The summed E-state index contributed by atoms with van der Waals surface area (Å²) >= 11 is 0. The zero-order valence-corrected chi connectivity index (χ0v) is 33.7. The number of carbonyl (C=O) groups excluding carboxylic acids is 2. The normalized spacial score (nSPS) is 12.3. The second-order valence-electron chi connectivity index (χ2n) is 14.7. The molecule has 1 unspecified atom stereocenters. The minimum atomic E-state index is -4.74. The lowest BCUT2D eigenvalue weighted by molar-refractivity contribution is -0.161. The van der Waals surface area contributed by atoms with Gasteiger partial charge in [-0.05, 0) is 12.8 Å². The molecule has 0 aromatic heterocycles. The molecule has 0 rings (SSSR count). The first-order valence-corrected chi connectivity index (χ1v) is 22.9. The monoisotopic (exact) mass is 733 g/mol. The fourth-order valence-electron chi connectivity index (χ4n) is 6.43. The number of esters is 2. The van der Waals surface area contributed by atoms with Gasteiger partial charge < -0.3 is 19.3 Å². The molecule has 0 saturated carbocycles. The molecular formula is C41H81O8P. The number of ether oxygens (including phenoxy) is 2. The molecule has 0 aliphatic rings. The number of phosphoric acid groups is 1. The van der Waals surface area contributed by atoms with Gasteiger partial charge in [-0.1, -0.05) is 206 Å². The third-order valence-electron chi connectivity index (χ3n) is 9.63. The number of unbranched alkanes of at least 4 members (excludes halogenated alkanes) is 30. The molecule has 0 aliphatic heterocycles. The molecule has 0 fully saturated rings. The van der Waals surface area contributed by atoms with Crippen LogP contribution in [0.1, 0.15) is 232 Å². The zero-order chi connectivity index (χ0) is 36.8. The minimum absolute atomic E-state index is 0.220. The van der Waals surface area contributed by atoms with E-state index in [1.54, 1.807) is 0 Å². The number of hydrogen-bond donors (Lipinski definition) is 2. The highest BCUT2D eigenvalue weighted by molar-refractivity contribution is 7.46. The smallest absolute Gasteiger partial charge is 0.462 e. The van der Waals surface area contributed by atoms with Crippen molar-refractivity contribution in [1.29, 1.82) is 0 Å². The number of phosphoric ester groups is 1. The van der Waals surface area contributed by atoms with Crippen molar-refractivity contribution in [3.8, 4) is 0 Å². The van der Waals surface area contributed by atoms with E-state index in [0.29, 0.717) is 6.42 Å². The van der Waals surface area contributed by atoms with Gasteiger partial charge in [-0.15, -0.1) is 0 Å². The topological polar surface area (TPSA) is 119 Å². The van der Waals surface area contributed by atoms with Crippen LogP contribution >= 0.6 is 7.82 Å². The lowest BCUT2D eigenvalue weighted by Gasteiger charge is -2.18. The van der Waals surface area contributed by atoms with E-state index in [1.165, 1.54) is 167 Å². The minimum Gasteiger partial charge on any atom is -0.462 e. The molecule has 1 atom stereocenters. The van der Waals surface area contributed by atoms with E-state index in [2.05, 4.69) is 18.4 Å². The summed E-state index contributed by atoms with van der Waals surface area (Å²) in [5.74, 6) is -0.875. The van der Waals surface area contributed by atoms with E-state index in [9.17, 15) is 14.2 Å². The number of rotatable bonds is 40. The van der Waals surface area contributed by atoms with Crippen molar-refractivity contribution >= 4 is 19.8 Å². The fraction of sp³-hybridized carbons (Fsp3) is 0.951. The van der Waals surface area contributed by atoms with Gasteiger partial charge in [0.15, 0.2) is 6.10 Å². The molecule has 298 valence electrons. The summed E-state index contributed by atoms with van der Waals surface area (Å²) in [7, 11) is -4.74. The summed E-state index contributed by atoms with van der Waals surface area (Å²) in [6.45, 7) is 3.67. The largest absolute Gasteiger partial charge is 0.469 e. The molecule has 50 heavy (non-hydrogen) atoms. The van der Waals surface area contributed by atoms with Crippen molar-refractivity contribution in [2.24, 2.45) is 0 Å². The Balaban J connectivity index is 3.71. The van der Waals surface area contributed by atoms with E-state index < -0.39 is 32.5 Å². The summed E-state index contributed by atoms with van der Waals surface area (Å²) in [5, 5.41) is 0. The van der Waals surface area contributed by atoms with Crippen molar-refractivity contribution in [1.82, 2.24) is 0 Å². The third-order valence-corrected chi connectivity index (χ3v) is 10.1. The standard InChI is InChI=1S/C41H81O8P/c1-3-5-7-9-11-13-14-15-16-17-18-19-20-21-22-23-24-25-26-27-28-30-32-34-36-41(43)49-39(38-48-50(44,45)46)37-47-40(42)35-33-31-29-12-10-8-6-4-2/h39H,3-38H2,1-2H3,(H2,44,45,46). The van der Waals surface area contributed by atoms with Crippen molar-refractivity contribution in [2.75, 3.05) is 13.2 Å². The van der Waals surface area contributed by atoms with Crippen molar-refractivity contribution in [2.45, 2.75) is 238 Å². The maximum atomic E-state index is 12.4. The van der Waals surface area contributed by atoms with Gasteiger partial charge >= 0.3 is 19.8 Å². The van der Waals surface area contributed by atoms with Crippen molar-refractivity contribution in [3.05, 3.63) is 0 Å². The molecule has 0 bridgehead atoms. The van der Waals surface area contributed by atoms with Crippen LogP contribution in [-0.4, -0.2) is 41.0 Å². The van der Waals surface area contributed by atoms with Gasteiger partial charge in [0.1, 0.15) is 6.61 Å². The highest BCUT2D eigenvalue weighted by Crippen LogP contribution is 2.36. The predicted octanol–water partition coefficient (Wildman–Crippen LogP) is 12.9. The Morgan fingerprint density at radius 2 is 0.720 bits per heavy atom. The van der Waals surface area contributed by atoms with Crippen molar-refractivity contribution < 1.29 is 37.9 Å². The first-order chi connectivity index (χ1) is 24.3. The molecule has 0 aromatic rings. The van der Waals surface area contributed by atoms with Crippen LogP contribution in [0.4, 0.5) is 0 Å². The summed E-state index contributed by atoms with van der Waals surface area (Å²) in [6, 6.07) is 0. The van der Waals surface area contributed by atoms with Crippen LogP contribution in [0.5, 0.6) is 0 Å². The quantitative estimate of drug-likeness (QED) is 0.0363.